The highest BCUT2D eigenvalue weighted by Crippen LogP contribution is 2.40. The van der Waals surface area contributed by atoms with Crippen molar-refractivity contribution in [2.45, 2.75) is 25.3 Å². The highest BCUT2D eigenvalue weighted by atomic mass is 15.2. The molecule has 5 heteroatoms. The molecule has 1 aromatic carbocycles. The minimum absolute atomic E-state index is 0.304. The van der Waals surface area contributed by atoms with Crippen LogP contribution in [0.25, 0.3) is 28.1 Å². The molecule has 2 aliphatic rings. The third-order valence-electron chi connectivity index (χ3n) is 5.70. The standard InChI is InChI=1S/C22H23N5/c23-22-24-10-8-19(26-22)20-18(14-25-21(20)15-5-2-1-3-6-15)16-9-12-27-11-4-7-17(27)13-16/h1-3,5-6,8,10,13-14,17,25H,4,7,9,11-12H2,(H2,23,24,26). The number of H-pyrrole nitrogens is 1. The fraction of sp³-hybridized carbons (Fsp3) is 0.273. The van der Waals surface area contributed by atoms with Crippen LogP contribution in [0.4, 0.5) is 5.95 Å². The fourth-order valence-corrected chi connectivity index (χ4v) is 4.41. The minimum Gasteiger partial charge on any atom is -0.368 e. The number of aromatic nitrogens is 3. The predicted octanol–water partition coefficient (Wildman–Crippen LogP) is 3.97. The largest absolute Gasteiger partial charge is 0.368 e. The Morgan fingerprint density at radius 1 is 1.11 bits per heavy atom. The summed E-state index contributed by atoms with van der Waals surface area (Å²) in [6.45, 7) is 2.36. The van der Waals surface area contributed by atoms with Gasteiger partial charge in [0.2, 0.25) is 5.95 Å². The smallest absolute Gasteiger partial charge is 0.220 e. The van der Waals surface area contributed by atoms with Crippen molar-refractivity contribution in [2.24, 2.45) is 0 Å². The number of nitrogens with two attached hydrogens (primary N) is 1. The average Bonchev–Trinajstić information content (AvgIpc) is 3.35. The molecule has 2 aliphatic heterocycles. The van der Waals surface area contributed by atoms with Crippen molar-refractivity contribution in [3.8, 4) is 22.5 Å². The van der Waals surface area contributed by atoms with Crippen molar-refractivity contribution in [1.29, 1.82) is 0 Å². The summed E-state index contributed by atoms with van der Waals surface area (Å²) >= 11 is 0. The summed E-state index contributed by atoms with van der Waals surface area (Å²) in [5.41, 5.74) is 12.8. The summed E-state index contributed by atoms with van der Waals surface area (Å²) in [5, 5.41) is 0. The summed E-state index contributed by atoms with van der Waals surface area (Å²) in [6, 6.07) is 12.9. The molecule has 0 bridgehead atoms. The van der Waals surface area contributed by atoms with Gasteiger partial charge in [-0.2, -0.15) is 0 Å². The monoisotopic (exact) mass is 357 g/mol. The van der Waals surface area contributed by atoms with E-state index in [1.54, 1.807) is 6.20 Å². The Morgan fingerprint density at radius 3 is 2.85 bits per heavy atom. The Labute approximate surface area is 159 Å². The first-order valence-corrected chi connectivity index (χ1v) is 9.60. The van der Waals surface area contributed by atoms with E-state index in [2.05, 4.69) is 56.4 Å². The second-order valence-corrected chi connectivity index (χ2v) is 7.31. The van der Waals surface area contributed by atoms with Crippen LogP contribution in [0.3, 0.4) is 0 Å². The molecular formula is C22H23N5. The first-order chi connectivity index (χ1) is 13.3. The maximum absolute atomic E-state index is 5.90. The van der Waals surface area contributed by atoms with Crippen molar-refractivity contribution < 1.29 is 0 Å². The van der Waals surface area contributed by atoms with Crippen molar-refractivity contribution in [3.63, 3.8) is 0 Å². The second kappa shape index (κ2) is 6.67. The molecule has 5 rings (SSSR count). The topological polar surface area (TPSA) is 70.8 Å². The Balaban J connectivity index is 1.67. The second-order valence-electron chi connectivity index (χ2n) is 7.31. The summed E-state index contributed by atoms with van der Waals surface area (Å²) in [5.74, 6) is 0.304. The molecule has 0 radical (unpaired) electrons. The van der Waals surface area contributed by atoms with Crippen LogP contribution in [-0.4, -0.2) is 39.0 Å². The number of anilines is 1. The molecule has 136 valence electrons. The fourth-order valence-electron chi connectivity index (χ4n) is 4.41. The Hall–Kier alpha value is -2.92. The number of hydrogen-bond acceptors (Lipinski definition) is 4. The van der Waals surface area contributed by atoms with E-state index in [9.17, 15) is 0 Å². The zero-order valence-corrected chi connectivity index (χ0v) is 15.2. The van der Waals surface area contributed by atoms with E-state index in [-0.39, 0.29) is 0 Å². The van der Waals surface area contributed by atoms with E-state index < -0.39 is 0 Å². The first-order valence-electron chi connectivity index (χ1n) is 9.60. The van der Waals surface area contributed by atoms with Gasteiger partial charge in [-0.15, -0.1) is 0 Å². The normalized spacial score (nSPS) is 19.7. The average molecular weight is 357 g/mol. The molecule has 27 heavy (non-hydrogen) atoms. The third-order valence-corrected chi connectivity index (χ3v) is 5.70. The van der Waals surface area contributed by atoms with Crippen molar-refractivity contribution >= 4 is 11.5 Å². The van der Waals surface area contributed by atoms with E-state index in [0.29, 0.717) is 12.0 Å². The molecule has 0 spiro atoms. The Morgan fingerprint density at radius 2 is 2.00 bits per heavy atom. The molecule has 0 amide bonds. The molecule has 2 aromatic heterocycles. The van der Waals surface area contributed by atoms with Crippen molar-refractivity contribution in [3.05, 3.63) is 60.4 Å². The maximum Gasteiger partial charge on any atom is 0.220 e. The lowest BCUT2D eigenvalue weighted by atomic mass is 9.92. The van der Waals surface area contributed by atoms with Gasteiger partial charge in [0.05, 0.1) is 11.4 Å². The number of hydrogen-bond donors (Lipinski definition) is 2. The molecule has 0 aliphatic carbocycles. The zero-order valence-electron chi connectivity index (χ0n) is 15.2. The van der Waals surface area contributed by atoms with Crippen LogP contribution in [0.15, 0.2) is 54.9 Å². The van der Waals surface area contributed by atoms with Crippen LogP contribution in [0.2, 0.25) is 0 Å². The SMILES string of the molecule is Nc1nccc(-c2c(C3=CC4CCCN4CC3)c[nH]c2-c2ccccc2)n1. The number of rotatable bonds is 3. The molecule has 3 aromatic rings. The van der Waals surface area contributed by atoms with E-state index in [4.69, 9.17) is 5.73 Å². The lowest BCUT2D eigenvalue weighted by Gasteiger charge is -2.28. The van der Waals surface area contributed by atoms with Crippen LogP contribution in [0.1, 0.15) is 24.8 Å². The first kappa shape index (κ1) is 16.3. The molecular weight excluding hydrogens is 334 g/mol. The van der Waals surface area contributed by atoms with Crippen molar-refractivity contribution in [2.75, 3.05) is 18.8 Å². The lowest BCUT2D eigenvalue weighted by molar-refractivity contribution is 0.288. The lowest BCUT2D eigenvalue weighted by Crippen LogP contribution is -2.32. The molecule has 1 unspecified atom stereocenters. The van der Waals surface area contributed by atoms with Crippen LogP contribution >= 0.6 is 0 Å². The molecule has 3 N–H and O–H groups in total. The van der Waals surface area contributed by atoms with Gasteiger partial charge in [0, 0.05) is 36.1 Å². The number of nitrogens with zero attached hydrogens (tertiary/aromatic N) is 3. The van der Waals surface area contributed by atoms with Gasteiger partial charge in [-0.1, -0.05) is 36.4 Å². The molecule has 1 saturated heterocycles. The number of benzene rings is 1. The number of fused-ring (bicyclic) bond motifs is 1. The summed E-state index contributed by atoms with van der Waals surface area (Å²) in [6.07, 6.45) is 9.95. The van der Waals surface area contributed by atoms with E-state index in [1.165, 1.54) is 30.5 Å². The predicted molar refractivity (Wildman–Crippen MR) is 109 cm³/mol. The van der Waals surface area contributed by atoms with Crippen LogP contribution in [0, 0.1) is 0 Å². The highest BCUT2D eigenvalue weighted by Gasteiger charge is 2.28. The van der Waals surface area contributed by atoms with E-state index >= 15 is 0 Å². The van der Waals surface area contributed by atoms with Gasteiger partial charge < -0.3 is 10.7 Å². The highest BCUT2D eigenvalue weighted by molar-refractivity contribution is 5.90. The number of nitrogen functional groups attached to an aromatic ring is 1. The van der Waals surface area contributed by atoms with E-state index in [0.717, 1.165) is 35.5 Å². The maximum atomic E-state index is 5.90. The van der Waals surface area contributed by atoms with Gasteiger partial charge >= 0.3 is 0 Å². The summed E-state index contributed by atoms with van der Waals surface area (Å²) in [7, 11) is 0. The van der Waals surface area contributed by atoms with Gasteiger partial charge in [-0.3, -0.25) is 4.90 Å². The minimum atomic E-state index is 0.304. The Kier molecular flexibility index (Phi) is 4.02. The van der Waals surface area contributed by atoms with Crippen molar-refractivity contribution in [1.82, 2.24) is 19.9 Å². The van der Waals surface area contributed by atoms with E-state index in [1.807, 2.05) is 12.1 Å². The van der Waals surface area contributed by atoms with Gasteiger partial charge in [0.1, 0.15) is 0 Å². The quantitative estimate of drug-likeness (QED) is 0.744. The Bertz CT molecular complexity index is 989. The summed E-state index contributed by atoms with van der Waals surface area (Å²) in [4.78, 5) is 14.7. The van der Waals surface area contributed by atoms with Crippen LogP contribution in [-0.2, 0) is 0 Å². The summed E-state index contributed by atoms with van der Waals surface area (Å²) < 4.78 is 0. The molecule has 1 fully saturated rings. The molecule has 0 saturated carbocycles. The van der Waals surface area contributed by atoms with Gasteiger partial charge in [0.15, 0.2) is 0 Å². The molecule has 1 atom stereocenters. The third kappa shape index (κ3) is 2.94. The zero-order chi connectivity index (χ0) is 18.2. The molecule has 4 heterocycles. The van der Waals surface area contributed by atoms with Crippen LogP contribution < -0.4 is 5.73 Å². The molecule has 5 nitrogen and oxygen atoms in total. The van der Waals surface area contributed by atoms with Gasteiger partial charge in [-0.05, 0) is 43.0 Å². The number of nitrogens with one attached hydrogen (secondary N) is 1. The van der Waals surface area contributed by atoms with Crippen LogP contribution in [0.5, 0.6) is 0 Å². The number of aromatic amines is 1. The van der Waals surface area contributed by atoms with Gasteiger partial charge in [-0.25, -0.2) is 9.97 Å². The van der Waals surface area contributed by atoms with Gasteiger partial charge in [0.25, 0.3) is 0 Å².